The van der Waals surface area contributed by atoms with Crippen molar-refractivity contribution >= 4 is 17.2 Å². The molecule has 1 amide bonds. The molecule has 1 atom stereocenters. The van der Waals surface area contributed by atoms with Crippen LogP contribution in [0.25, 0.3) is 10.4 Å². The largest absolute Gasteiger partial charge is 0.486 e. The number of carbonyl (C=O) groups is 1. The van der Waals surface area contributed by atoms with Gasteiger partial charge in [-0.15, -0.1) is 11.3 Å². The van der Waals surface area contributed by atoms with Crippen LogP contribution in [0.15, 0.2) is 60.7 Å². The van der Waals surface area contributed by atoms with E-state index in [1.54, 1.807) is 4.90 Å². The molecule has 0 saturated carbocycles. The summed E-state index contributed by atoms with van der Waals surface area (Å²) in [4.78, 5) is 16.5. The molecule has 0 saturated heterocycles. The maximum atomic E-state index is 12.9. The maximum absolute atomic E-state index is 12.9. The minimum absolute atomic E-state index is 0.0125. The topological polar surface area (TPSA) is 38.8 Å². The summed E-state index contributed by atoms with van der Waals surface area (Å²) in [5.74, 6) is 1.56. The predicted octanol–water partition coefficient (Wildman–Crippen LogP) is 5.02. The molecule has 4 nitrogen and oxygen atoms in total. The Kier molecular flexibility index (Phi) is 4.86. The summed E-state index contributed by atoms with van der Waals surface area (Å²) in [6.45, 7) is 3.19. The van der Waals surface area contributed by atoms with Crippen LogP contribution in [0, 0.1) is 0 Å². The number of hydrogen-bond acceptors (Lipinski definition) is 4. The van der Waals surface area contributed by atoms with Crippen LogP contribution in [0.4, 0.5) is 0 Å². The summed E-state index contributed by atoms with van der Waals surface area (Å²) in [6, 6.07) is 19.9. The molecular weight excluding hydrogens is 358 g/mol. The Bertz CT molecular complexity index is 951. The van der Waals surface area contributed by atoms with E-state index in [0.717, 1.165) is 32.4 Å². The number of ether oxygens (including phenoxy) is 2. The molecule has 0 spiro atoms. The Balaban J connectivity index is 1.54. The van der Waals surface area contributed by atoms with Gasteiger partial charge in [0.05, 0.1) is 10.9 Å². The van der Waals surface area contributed by atoms with Crippen LogP contribution < -0.4 is 9.47 Å². The number of benzene rings is 2. The van der Waals surface area contributed by atoms with Crippen LogP contribution in [0.2, 0.25) is 0 Å². The molecule has 0 fully saturated rings. The van der Waals surface area contributed by atoms with Crippen LogP contribution in [0.1, 0.15) is 28.2 Å². The Labute approximate surface area is 163 Å². The molecule has 2 aromatic carbocycles. The van der Waals surface area contributed by atoms with E-state index in [1.165, 1.54) is 11.3 Å². The molecule has 0 N–H and O–H groups in total. The summed E-state index contributed by atoms with van der Waals surface area (Å²) < 4.78 is 11.2. The van der Waals surface area contributed by atoms with Crippen molar-refractivity contribution in [3.8, 4) is 21.9 Å². The van der Waals surface area contributed by atoms with Crippen molar-refractivity contribution in [1.29, 1.82) is 0 Å². The van der Waals surface area contributed by atoms with E-state index in [9.17, 15) is 4.79 Å². The fourth-order valence-electron chi connectivity index (χ4n) is 3.11. The van der Waals surface area contributed by atoms with E-state index in [4.69, 9.17) is 9.47 Å². The molecule has 5 heteroatoms. The van der Waals surface area contributed by atoms with Crippen LogP contribution in [-0.2, 0) is 0 Å². The zero-order valence-corrected chi connectivity index (χ0v) is 16.2. The van der Waals surface area contributed by atoms with Crippen molar-refractivity contribution in [3.05, 3.63) is 71.1 Å². The van der Waals surface area contributed by atoms with Crippen molar-refractivity contribution in [2.75, 3.05) is 20.3 Å². The van der Waals surface area contributed by atoms with Gasteiger partial charge in [-0.05, 0) is 48.4 Å². The fourth-order valence-corrected chi connectivity index (χ4v) is 4.09. The van der Waals surface area contributed by atoms with E-state index in [-0.39, 0.29) is 11.9 Å². The maximum Gasteiger partial charge on any atom is 0.264 e. The molecule has 0 bridgehead atoms. The molecule has 0 aliphatic carbocycles. The summed E-state index contributed by atoms with van der Waals surface area (Å²) >= 11 is 1.50. The van der Waals surface area contributed by atoms with Gasteiger partial charge in [-0.3, -0.25) is 4.79 Å². The first kappa shape index (κ1) is 17.6. The third-order valence-electron chi connectivity index (χ3n) is 4.83. The zero-order valence-electron chi connectivity index (χ0n) is 15.3. The van der Waals surface area contributed by atoms with Gasteiger partial charge in [0.1, 0.15) is 13.2 Å². The Morgan fingerprint density at radius 2 is 1.74 bits per heavy atom. The summed E-state index contributed by atoms with van der Waals surface area (Å²) in [5.41, 5.74) is 2.15. The lowest BCUT2D eigenvalue weighted by molar-refractivity contribution is 0.0747. The molecule has 1 aliphatic heterocycles. The first-order valence-corrected chi connectivity index (χ1v) is 9.77. The average molecular weight is 379 g/mol. The van der Waals surface area contributed by atoms with Crippen LogP contribution in [0.3, 0.4) is 0 Å². The standard InChI is InChI=1S/C22H21NO3S/c1-15(16-6-4-3-5-7-16)23(2)22(24)21-11-10-20(27-21)17-8-9-18-19(14-17)26-13-12-25-18/h3-11,14-15H,12-13H2,1-2H3. The third-order valence-corrected chi connectivity index (χ3v) is 5.95. The van der Waals surface area contributed by atoms with Gasteiger partial charge >= 0.3 is 0 Å². The number of thiophene rings is 1. The smallest absolute Gasteiger partial charge is 0.264 e. The molecule has 138 valence electrons. The second-order valence-corrected chi connectivity index (χ2v) is 7.61. The predicted molar refractivity (Wildman–Crippen MR) is 108 cm³/mol. The molecule has 2 heterocycles. The number of nitrogens with zero attached hydrogens (tertiary/aromatic N) is 1. The van der Waals surface area contributed by atoms with Crippen molar-refractivity contribution in [2.45, 2.75) is 13.0 Å². The number of hydrogen-bond donors (Lipinski definition) is 0. The molecule has 4 rings (SSSR count). The Morgan fingerprint density at radius 1 is 1.00 bits per heavy atom. The van der Waals surface area contributed by atoms with Gasteiger partial charge in [0.15, 0.2) is 11.5 Å². The van der Waals surface area contributed by atoms with Gasteiger partial charge in [-0.2, -0.15) is 0 Å². The van der Waals surface area contributed by atoms with Gasteiger partial charge in [0, 0.05) is 11.9 Å². The number of rotatable bonds is 4. The monoisotopic (exact) mass is 379 g/mol. The highest BCUT2D eigenvalue weighted by atomic mass is 32.1. The van der Waals surface area contributed by atoms with Gasteiger partial charge < -0.3 is 14.4 Å². The van der Waals surface area contributed by atoms with E-state index >= 15 is 0 Å². The number of amides is 1. The van der Waals surface area contributed by atoms with Gasteiger partial charge in [-0.1, -0.05) is 30.3 Å². The first-order valence-electron chi connectivity index (χ1n) is 8.95. The molecule has 0 radical (unpaired) electrons. The molecule has 27 heavy (non-hydrogen) atoms. The molecule has 1 unspecified atom stereocenters. The van der Waals surface area contributed by atoms with E-state index < -0.39 is 0 Å². The Morgan fingerprint density at radius 3 is 2.52 bits per heavy atom. The highest BCUT2D eigenvalue weighted by Crippen LogP contribution is 2.37. The van der Waals surface area contributed by atoms with Crippen LogP contribution in [-0.4, -0.2) is 31.1 Å². The first-order chi connectivity index (χ1) is 13.1. The van der Waals surface area contributed by atoms with Gasteiger partial charge in [-0.25, -0.2) is 0 Å². The van der Waals surface area contributed by atoms with E-state index in [1.807, 2.05) is 74.6 Å². The average Bonchev–Trinajstić information content (AvgIpc) is 3.22. The van der Waals surface area contributed by atoms with Crippen LogP contribution >= 0.6 is 11.3 Å². The molecule has 1 aliphatic rings. The Hall–Kier alpha value is -2.79. The molecular formula is C22H21NO3S. The minimum Gasteiger partial charge on any atom is -0.486 e. The fraction of sp³-hybridized carbons (Fsp3) is 0.227. The van der Waals surface area contributed by atoms with Gasteiger partial charge in [0.2, 0.25) is 0 Å². The van der Waals surface area contributed by atoms with E-state index in [0.29, 0.717) is 13.2 Å². The third kappa shape index (κ3) is 3.55. The van der Waals surface area contributed by atoms with Crippen molar-refractivity contribution in [3.63, 3.8) is 0 Å². The zero-order chi connectivity index (χ0) is 18.8. The normalized spacial score (nSPS) is 13.9. The van der Waals surface area contributed by atoms with Crippen molar-refractivity contribution < 1.29 is 14.3 Å². The lowest BCUT2D eigenvalue weighted by Crippen LogP contribution is -2.28. The number of carbonyl (C=O) groups excluding carboxylic acids is 1. The molecule has 1 aromatic heterocycles. The summed E-state index contributed by atoms with van der Waals surface area (Å²) in [5, 5.41) is 0. The minimum atomic E-state index is 0.0125. The number of fused-ring (bicyclic) bond motifs is 1. The quantitative estimate of drug-likeness (QED) is 0.639. The highest BCUT2D eigenvalue weighted by Gasteiger charge is 2.21. The van der Waals surface area contributed by atoms with E-state index in [2.05, 4.69) is 0 Å². The summed E-state index contributed by atoms with van der Waals surface area (Å²) in [6.07, 6.45) is 0. The molecule has 3 aromatic rings. The second kappa shape index (κ2) is 7.45. The summed E-state index contributed by atoms with van der Waals surface area (Å²) in [7, 11) is 1.85. The lowest BCUT2D eigenvalue weighted by Gasteiger charge is -2.24. The highest BCUT2D eigenvalue weighted by molar-refractivity contribution is 7.17. The second-order valence-electron chi connectivity index (χ2n) is 6.53. The van der Waals surface area contributed by atoms with Crippen LogP contribution in [0.5, 0.6) is 11.5 Å². The van der Waals surface area contributed by atoms with Gasteiger partial charge in [0.25, 0.3) is 5.91 Å². The lowest BCUT2D eigenvalue weighted by atomic mass is 10.1. The van der Waals surface area contributed by atoms with Crippen molar-refractivity contribution in [1.82, 2.24) is 4.90 Å². The van der Waals surface area contributed by atoms with Crippen molar-refractivity contribution in [2.24, 2.45) is 0 Å². The SMILES string of the molecule is CC(c1ccccc1)N(C)C(=O)c1ccc(-c2ccc3c(c2)OCCO3)s1.